The normalized spacial score (nSPS) is 18.7. The molecule has 7 heteroatoms. The summed E-state index contributed by atoms with van der Waals surface area (Å²) in [6.45, 7) is 4.67. The molecule has 0 N–H and O–H groups in total. The summed E-state index contributed by atoms with van der Waals surface area (Å²) in [5, 5.41) is 12.6. The topological polar surface area (TPSA) is 73.1 Å². The average molecular weight is 313 g/mol. The summed E-state index contributed by atoms with van der Waals surface area (Å²) in [5.74, 6) is 1.66. The van der Waals surface area contributed by atoms with Crippen LogP contribution in [-0.4, -0.2) is 37.5 Å². The zero-order valence-electron chi connectivity index (χ0n) is 13.1. The van der Waals surface area contributed by atoms with Gasteiger partial charge in [0.15, 0.2) is 5.76 Å². The molecule has 1 aliphatic rings. The highest BCUT2D eigenvalue weighted by atomic mass is 16.4. The Kier molecular flexibility index (Phi) is 3.70. The SMILES string of the molecule is Cc1cnn(C[C@H]2CCCN2Cc2nnc(-c3ccco3)o2)c1. The van der Waals surface area contributed by atoms with E-state index in [0.717, 1.165) is 19.5 Å². The molecular weight excluding hydrogens is 294 g/mol. The number of aromatic nitrogens is 4. The van der Waals surface area contributed by atoms with E-state index in [1.807, 2.05) is 23.0 Å². The Morgan fingerprint density at radius 3 is 3.09 bits per heavy atom. The molecule has 4 rings (SSSR count). The van der Waals surface area contributed by atoms with Crippen LogP contribution in [-0.2, 0) is 13.1 Å². The largest absolute Gasteiger partial charge is 0.459 e. The Labute approximate surface area is 133 Å². The van der Waals surface area contributed by atoms with Crippen molar-refractivity contribution in [3.8, 4) is 11.7 Å². The molecule has 0 spiro atoms. The van der Waals surface area contributed by atoms with Crippen molar-refractivity contribution in [3.05, 3.63) is 42.2 Å². The quantitative estimate of drug-likeness (QED) is 0.720. The standard InChI is InChI=1S/C16H19N5O2/c1-12-8-17-21(9-12)10-13-4-2-6-20(13)11-15-18-19-16(23-15)14-5-3-7-22-14/h3,5,7-9,13H,2,4,6,10-11H2,1H3/t13-/m1/s1. The van der Waals surface area contributed by atoms with Crippen LogP contribution in [0.4, 0.5) is 0 Å². The lowest BCUT2D eigenvalue weighted by Crippen LogP contribution is -2.32. The van der Waals surface area contributed by atoms with Crippen LogP contribution in [0, 0.1) is 6.92 Å². The van der Waals surface area contributed by atoms with Gasteiger partial charge in [0.2, 0.25) is 5.89 Å². The van der Waals surface area contributed by atoms with Crippen LogP contribution in [0.25, 0.3) is 11.7 Å². The van der Waals surface area contributed by atoms with Gasteiger partial charge in [0.05, 0.1) is 25.5 Å². The zero-order valence-corrected chi connectivity index (χ0v) is 13.1. The summed E-state index contributed by atoms with van der Waals surface area (Å²) in [6.07, 6.45) is 7.93. The van der Waals surface area contributed by atoms with Gasteiger partial charge in [0.1, 0.15) is 0 Å². The van der Waals surface area contributed by atoms with Crippen molar-refractivity contribution in [1.29, 1.82) is 0 Å². The van der Waals surface area contributed by atoms with Gasteiger partial charge in [-0.3, -0.25) is 9.58 Å². The smallest absolute Gasteiger partial charge is 0.283 e. The van der Waals surface area contributed by atoms with Gasteiger partial charge in [-0.05, 0) is 44.0 Å². The maximum absolute atomic E-state index is 5.71. The molecule has 1 fully saturated rings. The summed E-state index contributed by atoms with van der Waals surface area (Å²) in [7, 11) is 0. The highest BCUT2D eigenvalue weighted by Gasteiger charge is 2.27. The molecule has 23 heavy (non-hydrogen) atoms. The molecule has 1 atom stereocenters. The molecule has 1 saturated heterocycles. The van der Waals surface area contributed by atoms with Gasteiger partial charge >= 0.3 is 0 Å². The van der Waals surface area contributed by atoms with Crippen molar-refractivity contribution < 1.29 is 8.83 Å². The van der Waals surface area contributed by atoms with Crippen LogP contribution in [0.3, 0.4) is 0 Å². The number of hydrogen-bond acceptors (Lipinski definition) is 6. The molecule has 0 unspecified atom stereocenters. The number of hydrogen-bond donors (Lipinski definition) is 0. The van der Waals surface area contributed by atoms with Crippen LogP contribution < -0.4 is 0 Å². The average Bonchev–Trinajstić information content (AvgIpc) is 3.29. The first-order chi connectivity index (χ1) is 11.3. The monoisotopic (exact) mass is 313 g/mol. The Hall–Kier alpha value is -2.41. The van der Waals surface area contributed by atoms with E-state index in [0.29, 0.717) is 30.1 Å². The molecule has 120 valence electrons. The molecule has 0 aliphatic carbocycles. The fourth-order valence-electron chi connectivity index (χ4n) is 3.08. The van der Waals surface area contributed by atoms with Crippen molar-refractivity contribution in [3.63, 3.8) is 0 Å². The molecule has 3 aromatic rings. The Balaban J connectivity index is 1.43. The number of aryl methyl sites for hydroxylation is 1. The van der Waals surface area contributed by atoms with Crippen molar-refractivity contribution >= 4 is 0 Å². The van der Waals surface area contributed by atoms with Gasteiger partial charge in [-0.2, -0.15) is 5.10 Å². The molecular formula is C16H19N5O2. The first-order valence-corrected chi connectivity index (χ1v) is 7.87. The third-order valence-electron chi connectivity index (χ3n) is 4.20. The minimum Gasteiger partial charge on any atom is -0.459 e. The first kappa shape index (κ1) is 14.2. The van der Waals surface area contributed by atoms with Gasteiger partial charge in [-0.25, -0.2) is 0 Å². The molecule has 0 bridgehead atoms. The minimum absolute atomic E-state index is 0.434. The van der Waals surface area contributed by atoms with Gasteiger partial charge in [-0.15, -0.1) is 10.2 Å². The third kappa shape index (κ3) is 3.05. The van der Waals surface area contributed by atoms with Gasteiger partial charge < -0.3 is 8.83 Å². The second-order valence-corrected chi connectivity index (χ2v) is 5.98. The maximum atomic E-state index is 5.71. The third-order valence-corrected chi connectivity index (χ3v) is 4.20. The van der Waals surface area contributed by atoms with Crippen LogP contribution in [0.15, 0.2) is 39.6 Å². The van der Waals surface area contributed by atoms with E-state index < -0.39 is 0 Å². The van der Waals surface area contributed by atoms with Crippen LogP contribution in [0.1, 0.15) is 24.3 Å². The molecule has 0 amide bonds. The van der Waals surface area contributed by atoms with Crippen LogP contribution >= 0.6 is 0 Å². The number of nitrogens with zero attached hydrogens (tertiary/aromatic N) is 5. The van der Waals surface area contributed by atoms with E-state index in [-0.39, 0.29) is 0 Å². The summed E-state index contributed by atoms with van der Waals surface area (Å²) in [6, 6.07) is 4.07. The number of rotatable bonds is 5. The van der Waals surface area contributed by atoms with Crippen molar-refractivity contribution in [1.82, 2.24) is 24.9 Å². The molecule has 1 aliphatic heterocycles. The molecule has 0 aromatic carbocycles. The van der Waals surface area contributed by atoms with E-state index >= 15 is 0 Å². The predicted octanol–water partition coefficient (Wildman–Crippen LogP) is 2.50. The number of likely N-dealkylation sites (tertiary alicyclic amines) is 1. The second-order valence-electron chi connectivity index (χ2n) is 5.98. The second kappa shape index (κ2) is 6.00. The van der Waals surface area contributed by atoms with Gasteiger partial charge in [0.25, 0.3) is 5.89 Å². The van der Waals surface area contributed by atoms with E-state index in [2.05, 4.69) is 33.3 Å². The fourth-order valence-corrected chi connectivity index (χ4v) is 3.08. The van der Waals surface area contributed by atoms with Crippen LogP contribution in [0.2, 0.25) is 0 Å². The summed E-state index contributed by atoms with van der Waals surface area (Å²) in [4.78, 5) is 2.39. The highest BCUT2D eigenvalue weighted by Crippen LogP contribution is 2.23. The van der Waals surface area contributed by atoms with Gasteiger partial charge in [-0.1, -0.05) is 0 Å². The first-order valence-electron chi connectivity index (χ1n) is 7.87. The van der Waals surface area contributed by atoms with Crippen molar-refractivity contribution in [2.75, 3.05) is 6.54 Å². The fraction of sp³-hybridized carbons (Fsp3) is 0.438. The van der Waals surface area contributed by atoms with E-state index in [1.54, 1.807) is 6.26 Å². The zero-order chi connectivity index (χ0) is 15.6. The highest BCUT2D eigenvalue weighted by molar-refractivity contribution is 5.42. The minimum atomic E-state index is 0.434. The lowest BCUT2D eigenvalue weighted by atomic mass is 10.2. The van der Waals surface area contributed by atoms with Gasteiger partial charge in [0, 0.05) is 12.2 Å². The molecule has 0 radical (unpaired) electrons. The predicted molar refractivity (Wildman–Crippen MR) is 82.4 cm³/mol. The van der Waals surface area contributed by atoms with Crippen LogP contribution in [0.5, 0.6) is 0 Å². The summed E-state index contributed by atoms with van der Waals surface area (Å²) in [5.41, 5.74) is 1.19. The van der Waals surface area contributed by atoms with E-state index in [1.165, 1.54) is 12.0 Å². The molecule has 0 saturated carbocycles. The Morgan fingerprint density at radius 1 is 1.35 bits per heavy atom. The summed E-state index contributed by atoms with van der Waals surface area (Å²) >= 11 is 0. The lowest BCUT2D eigenvalue weighted by Gasteiger charge is -2.22. The maximum Gasteiger partial charge on any atom is 0.283 e. The summed E-state index contributed by atoms with van der Waals surface area (Å²) < 4.78 is 13.0. The van der Waals surface area contributed by atoms with E-state index in [4.69, 9.17) is 8.83 Å². The number of furan rings is 1. The van der Waals surface area contributed by atoms with Crippen molar-refractivity contribution in [2.24, 2.45) is 0 Å². The lowest BCUT2D eigenvalue weighted by molar-refractivity contribution is 0.200. The van der Waals surface area contributed by atoms with Crippen molar-refractivity contribution in [2.45, 2.75) is 38.9 Å². The Bertz CT molecular complexity index is 761. The Morgan fingerprint density at radius 2 is 2.30 bits per heavy atom. The van der Waals surface area contributed by atoms with E-state index in [9.17, 15) is 0 Å². The molecule has 3 aromatic heterocycles. The molecule has 7 nitrogen and oxygen atoms in total. The molecule has 4 heterocycles.